The number of benzene rings is 1. The molecule has 1 aromatic rings. The second-order valence-electron chi connectivity index (χ2n) is 2.70. The Morgan fingerprint density at radius 3 is 2.85 bits per heavy atom. The lowest BCUT2D eigenvalue weighted by Gasteiger charge is -2.00. The third-order valence-corrected chi connectivity index (χ3v) is 3.43. The summed E-state index contributed by atoms with van der Waals surface area (Å²) in [5, 5.41) is 0. The number of thioether (sulfide) groups is 1. The van der Waals surface area contributed by atoms with Crippen molar-refractivity contribution in [2.24, 2.45) is 0 Å². The third-order valence-electron chi connectivity index (χ3n) is 1.59. The molecule has 0 unspecified atom stereocenters. The van der Waals surface area contributed by atoms with E-state index in [0.29, 0.717) is 0 Å². The fourth-order valence-electron chi connectivity index (χ4n) is 0.943. The number of hydrogen-bond donors (Lipinski definition) is 0. The Balaban J connectivity index is 2.28. The first-order valence-corrected chi connectivity index (χ1v) is 6.58. The Kier molecular flexibility index (Phi) is 5.92. The number of rotatable bonds is 5. The summed E-state index contributed by atoms with van der Waals surface area (Å²) >= 11 is 10.9. The van der Waals surface area contributed by atoms with Crippen molar-refractivity contribution in [2.75, 3.05) is 11.6 Å². The van der Waals surface area contributed by atoms with E-state index < -0.39 is 0 Å². The van der Waals surface area contributed by atoms with Gasteiger partial charge in [0.1, 0.15) is 0 Å². The largest absolute Gasteiger partial charge is 0.127 e. The molecule has 0 aromatic heterocycles. The molecule has 0 saturated heterocycles. The van der Waals surface area contributed by atoms with Gasteiger partial charge in [0.2, 0.25) is 0 Å². The molecule has 0 heterocycles. The van der Waals surface area contributed by atoms with E-state index in [-0.39, 0.29) is 0 Å². The SMILES string of the molecule is ClCCCCSc1cccc(Br)c1. The van der Waals surface area contributed by atoms with Crippen molar-refractivity contribution in [3.8, 4) is 0 Å². The minimum absolute atomic E-state index is 0.777. The molecule has 72 valence electrons. The zero-order chi connectivity index (χ0) is 9.52. The summed E-state index contributed by atoms with van der Waals surface area (Å²) in [6.07, 6.45) is 2.31. The summed E-state index contributed by atoms with van der Waals surface area (Å²) in [4.78, 5) is 1.32. The zero-order valence-electron chi connectivity index (χ0n) is 7.30. The quantitative estimate of drug-likeness (QED) is 0.432. The number of unbranched alkanes of at least 4 members (excludes halogenated alkanes) is 1. The first kappa shape index (κ1) is 11.4. The maximum Gasteiger partial charge on any atom is 0.0223 e. The van der Waals surface area contributed by atoms with Crippen LogP contribution in [0.25, 0.3) is 0 Å². The lowest BCUT2D eigenvalue weighted by molar-refractivity contribution is 0.903. The second kappa shape index (κ2) is 6.74. The van der Waals surface area contributed by atoms with Gasteiger partial charge < -0.3 is 0 Å². The molecule has 0 saturated carbocycles. The highest BCUT2D eigenvalue weighted by Gasteiger charge is 1.94. The van der Waals surface area contributed by atoms with Gasteiger partial charge >= 0.3 is 0 Å². The molecular formula is C10H12BrClS. The highest BCUT2D eigenvalue weighted by atomic mass is 79.9. The van der Waals surface area contributed by atoms with Crippen molar-refractivity contribution < 1.29 is 0 Å². The molecule has 0 spiro atoms. The Morgan fingerprint density at radius 1 is 1.31 bits per heavy atom. The van der Waals surface area contributed by atoms with Crippen LogP contribution in [0.5, 0.6) is 0 Å². The number of alkyl halides is 1. The maximum atomic E-state index is 5.59. The van der Waals surface area contributed by atoms with Crippen LogP contribution < -0.4 is 0 Å². The lowest BCUT2D eigenvalue weighted by atomic mass is 10.4. The van der Waals surface area contributed by atoms with Gasteiger partial charge in [-0.25, -0.2) is 0 Å². The highest BCUT2D eigenvalue weighted by molar-refractivity contribution is 9.10. The molecule has 0 aliphatic heterocycles. The molecule has 0 aliphatic carbocycles. The molecule has 1 rings (SSSR count). The first-order chi connectivity index (χ1) is 6.33. The minimum atomic E-state index is 0.777. The van der Waals surface area contributed by atoms with Gasteiger partial charge in [-0.15, -0.1) is 23.4 Å². The summed E-state index contributed by atoms with van der Waals surface area (Å²) in [6.45, 7) is 0. The normalized spacial score (nSPS) is 10.3. The monoisotopic (exact) mass is 278 g/mol. The molecular weight excluding hydrogens is 268 g/mol. The van der Waals surface area contributed by atoms with E-state index in [9.17, 15) is 0 Å². The van der Waals surface area contributed by atoms with Crippen LogP contribution in [0.1, 0.15) is 12.8 Å². The molecule has 13 heavy (non-hydrogen) atoms. The summed E-state index contributed by atoms with van der Waals surface area (Å²) in [5.74, 6) is 1.93. The van der Waals surface area contributed by atoms with Gasteiger partial charge in [-0.2, -0.15) is 0 Å². The van der Waals surface area contributed by atoms with Gasteiger partial charge in [0.05, 0.1) is 0 Å². The smallest absolute Gasteiger partial charge is 0.0223 e. The topological polar surface area (TPSA) is 0 Å². The van der Waals surface area contributed by atoms with Crippen molar-refractivity contribution >= 4 is 39.3 Å². The Bertz CT molecular complexity index is 252. The Hall–Kier alpha value is 0.340. The Morgan fingerprint density at radius 2 is 2.15 bits per heavy atom. The van der Waals surface area contributed by atoms with Crippen molar-refractivity contribution in [3.05, 3.63) is 28.7 Å². The summed E-state index contributed by atoms with van der Waals surface area (Å²) in [7, 11) is 0. The average Bonchev–Trinajstić information content (AvgIpc) is 2.13. The van der Waals surface area contributed by atoms with E-state index in [1.807, 2.05) is 17.8 Å². The van der Waals surface area contributed by atoms with Gasteiger partial charge in [-0.3, -0.25) is 0 Å². The minimum Gasteiger partial charge on any atom is -0.127 e. The molecule has 0 atom stereocenters. The molecule has 0 aliphatic rings. The van der Waals surface area contributed by atoms with Crippen molar-refractivity contribution in [1.82, 2.24) is 0 Å². The van der Waals surface area contributed by atoms with E-state index in [2.05, 4.69) is 34.1 Å². The molecule has 0 amide bonds. The van der Waals surface area contributed by atoms with E-state index in [1.165, 1.54) is 11.3 Å². The predicted molar refractivity (Wildman–Crippen MR) is 64.8 cm³/mol. The molecule has 0 radical (unpaired) electrons. The summed E-state index contributed by atoms with van der Waals surface area (Å²) < 4.78 is 1.15. The van der Waals surface area contributed by atoms with Crippen LogP contribution in [0.3, 0.4) is 0 Å². The molecule has 3 heteroatoms. The number of halogens is 2. The van der Waals surface area contributed by atoms with Crippen LogP contribution >= 0.6 is 39.3 Å². The standard InChI is InChI=1S/C10H12BrClS/c11-9-4-3-5-10(8-9)13-7-2-1-6-12/h3-5,8H,1-2,6-7H2. The van der Waals surface area contributed by atoms with Crippen molar-refractivity contribution in [1.29, 1.82) is 0 Å². The predicted octanol–water partition coefficient (Wildman–Crippen LogP) is 4.56. The van der Waals surface area contributed by atoms with Gasteiger partial charge in [-0.1, -0.05) is 22.0 Å². The second-order valence-corrected chi connectivity index (χ2v) is 5.16. The van der Waals surface area contributed by atoms with Gasteiger partial charge in [0.25, 0.3) is 0 Å². The maximum absolute atomic E-state index is 5.59. The van der Waals surface area contributed by atoms with Crippen LogP contribution in [-0.2, 0) is 0 Å². The zero-order valence-corrected chi connectivity index (χ0v) is 10.5. The average molecular weight is 280 g/mol. The van der Waals surface area contributed by atoms with Crippen LogP contribution in [0.4, 0.5) is 0 Å². The van der Waals surface area contributed by atoms with Gasteiger partial charge in [0, 0.05) is 15.2 Å². The molecule has 0 nitrogen and oxygen atoms in total. The third kappa shape index (κ3) is 4.94. The van der Waals surface area contributed by atoms with E-state index in [1.54, 1.807) is 0 Å². The van der Waals surface area contributed by atoms with E-state index in [0.717, 1.165) is 22.5 Å². The molecule has 1 aromatic carbocycles. The lowest BCUT2D eigenvalue weighted by Crippen LogP contribution is -1.81. The van der Waals surface area contributed by atoms with Gasteiger partial charge in [0.15, 0.2) is 0 Å². The van der Waals surface area contributed by atoms with Crippen molar-refractivity contribution in [3.63, 3.8) is 0 Å². The summed E-state index contributed by atoms with van der Waals surface area (Å²) in [6, 6.07) is 8.39. The van der Waals surface area contributed by atoms with Crippen LogP contribution in [-0.4, -0.2) is 11.6 Å². The summed E-state index contributed by atoms with van der Waals surface area (Å²) in [5.41, 5.74) is 0. The molecule has 0 bridgehead atoms. The van der Waals surface area contributed by atoms with Crippen LogP contribution in [0.15, 0.2) is 33.6 Å². The Labute approximate surface area is 97.2 Å². The number of hydrogen-bond acceptors (Lipinski definition) is 1. The van der Waals surface area contributed by atoms with Crippen LogP contribution in [0, 0.1) is 0 Å². The van der Waals surface area contributed by atoms with E-state index in [4.69, 9.17) is 11.6 Å². The van der Waals surface area contributed by atoms with E-state index >= 15 is 0 Å². The fraction of sp³-hybridized carbons (Fsp3) is 0.400. The van der Waals surface area contributed by atoms with Crippen LogP contribution in [0.2, 0.25) is 0 Å². The molecule has 0 fully saturated rings. The highest BCUT2D eigenvalue weighted by Crippen LogP contribution is 2.22. The fourth-order valence-corrected chi connectivity index (χ4v) is 2.65. The van der Waals surface area contributed by atoms with Crippen molar-refractivity contribution in [2.45, 2.75) is 17.7 Å². The first-order valence-electron chi connectivity index (χ1n) is 4.27. The molecule has 0 N–H and O–H groups in total. The van der Waals surface area contributed by atoms with Gasteiger partial charge in [-0.05, 0) is 36.8 Å².